The van der Waals surface area contributed by atoms with Gasteiger partial charge in [-0.15, -0.1) is 0 Å². The average Bonchev–Trinajstić information content (AvgIpc) is 2.33. The van der Waals surface area contributed by atoms with Crippen molar-refractivity contribution in [2.24, 2.45) is 0 Å². The average molecular weight is 246 g/mol. The molecule has 17 heavy (non-hydrogen) atoms. The van der Waals surface area contributed by atoms with E-state index in [9.17, 15) is 0 Å². The van der Waals surface area contributed by atoms with Crippen LogP contribution in [-0.2, 0) is 6.42 Å². The highest BCUT2D eigenvalue weighted by Gasteiger charge is 2.09. The van der Waals surface area contributed by atoms with E-state index in [1.54, 1.807) is 0 Å². The Bertz CT molecular complexity index is 492. The number of benzene rings is 2. The van der Waals surface area contributed by atoms with Gasteiger partial charge in [-0.25, -0.2) is 0 Å². The lowest BCUT2D eigenvalue weighted by molar-refractivity contribution is 1.08. The second kappa shape index (κ2) is 5.24. The zero-order valence-electron chi connectivity index (χ0n) is 10.2. The van der Waals surface area contributed by atoms with Gasteiger partial charge >= 0.3 is 0 Å². The molecule has 0 radical (unpaired) electrons. The summed E-state index contributed by atoms with van der Waals surface area (Å²) in [5.41, 5.74) is 3.65. The lowest BCUT2D eigenvalue weighted by Crippen LogP contribution is -2.11. The quantitative estimate of drug-likeness (QED) is 0.790. The maximum atomic E-state index is 6.30. The first-order chi connectivity index (χ1) is 8.18. The maximum Gasteiger partial charge on any atom is 0.0462 e. The molecule has 0 aliphatic rings. The molecule has 0 unspecified atom stereocenters. The van der Waals surface area contributed by atoms with Gasteiger partial charge < -0.3 is 4.90 Å². The zero-order valence-corrected chi connectivity index (χ0v) is 10.9. The Morgan fingerprint density at radius 3 is 2.29 bits per heavy atom. The minimum absolute atomic E-state index is 0.833. The fourth-order valence-corrected chi connectivity index (χ4v) is 2.18. The molecule has 0 aromatic heterocycles. The molecule has 0 bridgehead atoms. The van der Waals surface area contributed by atoms with E-state index in [-0.39, 0.29) is 0 Å². The number of hydrogen-bond acceptors (Lipinski definition) is 1. The highest BCUT2D eigenvalue weighted by molar-refractivity contribution is 6.31. The molecule has 2 aromatic carbocycles. The van der Waals surface area contributed by atoms with Crippen molar-refractivity contribution in [3.8, 4) is 0 Å². The van der Waals surface area contributed by atoms with Gasteiger partial charge in [-0.3, -0.25) is 0 Å². The van der Waals surface area contributed by atoms with E-state index in [1.165, 1.54) is 16.8 Å². The summed E-state index contributed by atoms with van der Waals surface area (Å²) in [4.78, 5) is 2.10. The van der Waals surface area contributed by atoms with Crippen LogP contribution < -0.4 is 4.90 Å². The molecule has 88 valence electrons. The predicted molar refractivity (Wildman–Crippen MR) is 75.0 cm³/mol. The van der Waals surface area contributed by atoms with Crippen molar-refractivity contribution in [1.29, 1.82) is 0 Å². The highest BCUT2D eigenvalue weighted by atomic mass is 35.5. The van der Waals surface area contributed by atoms with Crippen LogP contribution in [0.15, 0.2) is 48.5 Å². The van der Waals surface area contributed by atoms with E-state index >= 15 is 0 Å². The van der Waals surface area contributed by atoms with Crippen LogP contribution in [0.2, 0.25) is 5.02 Å². The lowest BCUT2D eigenvalue weighted by Gasteiger charge is -2.18. The summed E-state index contributed by atoms with van der Waals surface area (Å²) in [6.07, 6.45) is 0.869. The van der Waals surface area contributed by atoms with Gasteiger partial charge in [0.05, 0.1) is 0 Å². The minimum atomic E-state index is 0.833. The van der Waals surface area contributed by atoms with Gasteiger partial charge in [-0.1, -0.05) is 48.0 Å². The molecule has 0 atom stereocenters. The highest BCUT2D eigenvalue weighted by Crippen LogP contribution is 2.28. The summed E-state index contributed by atoms with van der Waals surface area (Å²) in [5.74, 6) is 0. The van der Waals surface area contributed by atoms with Crippen LogP contribution in [0, 0.1) is 0 Å². The topological polar surface area (TPSA) is 3.24 Å². The van der Waals surface area contributed by atoms with Crippen molar-refractivity contribution in [2.75, 3.05) is 19.0 Å². The third-order valence-corrected chi connectivity index (χ3v) is 3.15. The molecule has 2 heteroatoms. The molecule has 0 saturated heterocycles. The van der Waals surface area contributed by atoms with Gasteiger partial charge in [-0.05, 0) is 23.3 Å². The van der Waals surface area contributed by atoms with Crippen LogP contribution in [-0.4, -0.2) is 14.1 Å². The van der Waals surface area contributed by atoms with Crippen LogP contribution in [0.5, 0.6) is 0 Å². The van der Waals surface area contributed by atoms with E-state index in [0.717, 1.165) is 11.4 Å². The first-order valence-electron chi connectivity index (χ1n) is 5.67. The standard InChI is InChI=1S/C15H16ClN/c1-17(2)15-10-6-9-14(16)13(15)11-12-7-4-3-5-8-12/h3-10H,11H2,1-2H3. The van der Waals surface area contributed by atoms with Gasteiger partial charge in [0.1, 0.15) is 0 Å². The second-order valence-electron chi connectivity index (χ2n) is 4.29. The Kier molecular flexibility index (Phi) is 3.70. The number of nitrogens with zero attached hydrogens (tertiary/aromatic N) is 1. The molecule has 1 nitrogen and oxygen atoms in total. The third-order valence-electron chi connectivity index (χ3n) is 2.80. The van der Waals surface area contributed by atoms with E-state index in [2.05, 4.69) is 35.2 Å². The second-order valence-corrected chi connectivity index (χ2v) is 4.70. The van der Waals surface area contributed by atoms with E-state index < -0.39 is 0 Å². The third kappa shape index (κ3) is 2.80. The summed E-state index contributed by atoms with van der Waals surface area (Å²) >= 11 is 6.30. The largest absolute Gasteiger partial charge is 0.377 e. The molecule has 2 aromatic rings. The number of anilines is 1. The fourth-order valence-electron chi connectivity index (χ4n) is 1.94. The fraction of sp³-hybridized carbons (Fsp3) is 0.200. The smallest absolute Gasteiger partial charge is 0.0462 e. The summed E-state index contributed by atoms with van der Waals surface area (Å²) in [7, 11) is 4.08. The van der Waals surface area contributed by atoms with Crippen molar-refractivity contribution >= 4 is 17.3 Å². The molecule has 0 heterocycles. The molecule has 0 N–H and O–H groups in total. The Labute approximate surface area is 108 Å². The summed E-state index contributed by atoms with van der Waals surface area (Å²) < 4.78 is 0. The van der Waals surface area contributed by atoms with Gasteiger partial charge in [0, 0.05) is 31.2 Å². The maximum absolute atomic E-state index is 6.30. The first kappa shape index (κ1) is 12.0. The van der Waals surface area contributed by atoms with Crippen LogP contribution >= 0.6 is 11.6 Å². The van der Waals surface area contributed by atoms with Crippen molar-refractivity contribution in [1.82, 2.24) is 0 Å². The Balaban J connectivity index is 2.38. The number of halogens is 1. The SMILES string of the molecule is CN(C)c1cccc(Cl)c1Cc1ccccc1. The summed E-state index contributed by atoms with van der Waals surface area (Å²) in [6.45, 7) is 0. The van der Waals surface area contributed by atoms with Crippen molar-refractivity contribution in [3.63, 3.8) is 0 Å². The number of rotatable bonds is 3. The molecule has 0 amide bonds. The molecule has 0 aliphatic carbocycles. The molecule has 0 fully saturated rings. The van der Waals surface area contributed by atoms with Crippen LogP contribution in [0.4, 0.5) is 5.69 Å². The lowest BCUT2D eigenvalue weighted by atomic mass is 10.0. The minimum Gasteiger partial charge on any atom is -0.377 e. The van der Waals surface area contributed by atoms with E-state index in [0.29, 0.717) is 0 Å². The normalized spacial score (nSPS) is 10.3. The molecule has 2 rings (SSSR count). The number of hydrogen-bond donors (Lipinski definition) is 0. The monoisotopic (exact) mass is 245 g/mol. The Hall–Kier alpha value is -1.47. The molecular formula is C15H16ClN. The van der Waals surface area contributed by atoms with Crippen LogP contribution in [0.1, 0.15) is 11.1 Å². The molecule has 0 spiro atoms. The molecule has 0 saturated carbocycles. The van der Waals surface area contributed by atoms with Crippen molar-refractivity contribution in [3.05, 3.63) is 64.7 Å². The van der Waals surface area contributed by atoms with Crippen molar-refractivity contribution < 1.29 is 0 Å². The van der Waals surface area contributed by atoms with Crippen LogP contribution in [0.3, 0.4) is 0 Å². The summed E-state index contributed by atoms with van der Waals surface area (Å²) in [5, 5.41) is 0.833. The van der Waals surface area contributed by atoms with Gasteiger partial charge in [0.2, 0.25) is 0 Å². The first-order valence-corrected chi connectivity index (χ1v) is 6.05. The Morgan fingerprint density at radius 2 is 1.65 bits per heavy atom. The molecule has 0 aliphatic heterocycles. The van der Waals surface area contributed by atoms with Gasteiger partial charge in [0.15, 0.2) is 0 Å². The van der Waals surface area contributed by atoms with Crippen LogP contribution in [0.25, 0.3) is 0 Å². The van der Waals surface area contributed by atoms with E-state index in [4.69, 9.17) is 11.6 Å². The predicted octanol–water partition coefficient (Wildman–Crippen LogP) is 4.00. The van der Waals surface area contributed by atoms with Gasteiger partial charge in [0.25, 0.3) is 0 Å². The van der Waals surface area contributed by atoms with E-state index in [1.807, 2.05) is 32.3 Å². The van der Waals surface area contributed by atoms with Gasteiger partial charge in [-0.2, -0.15) is 0 Å². The Morgan fingerprint density at radius 1 is 0.941 bits per heavy atom. The van der Waals surface area contributed by atoms with Crippen molar-refractivity contribution in [2.45, 2.75) is 6.42 Å². The summed E-state index contributed by atoms with van der Waals surface area (Å²) in [6, 6.07) is 16.4. The molecular weight excluding hydrogens is 230 g/mol. The zero-order chi connectivity index (χ0) is 12.3.